The second-order valence-corrected chi connectivity index (χ2v) is 7.26. The number of nitrogens with zero attached hydrogens (tertiary/aromatic N) is 2. The predicted octanol–water partition coefficient (Wildman–Crippen LogP) is 3.51. The van der Waals surface area contributed by atoms with Crippen molar-refractivity contribution in [3.05, 3.63) is 53.4 Å². The summed E-state index contributed by atoms with van der Waals surface area (Å²) in [6.07, 6.45) is 4.23. The van der Waals surface area contributed by atoms with Crippen molar-refractivity contribution in [3.63, 3.8) is 0 Å². The van der Waals surface area contributed by atoms with Crippen molar-refractivity contribution in [2.24, 2.45) is 0 Å². The van der Waals surface area contributed by atoms with E-state index in [1.807, 2.05) is 0 Å². The molecule has 0 radical (unpaired) electrons. The molecule has 1 aromatic carbocycles. The van der Waals surface area contributed by atoms with Gasteiger partial charge in [0.05, 0.1) is 0 Å². The molecule has 4 rings (SSSR count). The largest absolute Gasteiger partial charge is 0.360 e. The van der Waals surface area contributed by atoms with Gasteiger partial charge in [0.25, 0.3) is 5.91 Å². The Balaban J connectivity index is 1.28. The fourth-order valence-corrected chi connectivity index (χ4v) is 3.59. The van der Waals surface area contributed by atoms with E-state index in [4.69, 9.17) is 4.52 Å². The number of nitrogens with one attached hydrogen (secondary N) is 1. The summed E-state index contributed by atoms with van der Waals surface area (Å²) < 4.78 is 5.28. The molecule has 1 amide bonds. The van der Waals surface area contributed by atoms with Gasteiger partial charge >= 0.3 is 0 Å². The van der Waals surface area contributed by atoms with Crippen LogP contribution in [0.1, 0.15) is 66.4 Å². The third kappa shape index (κ3) is 3.76. The van der Waals surface area contributed by atoms with Crippen molar-refractivity contribution in [2.45, 2.75) is 50.6 Å². The van der Waals surface area contributed by atoms with E-state index in [0.717, 1.165) is 44.5 Å². The van der Waals surface area contributed by atoms with Gasteiger partial charge < -0.3 is 9.84 Å². The molecule has 1 aliphatic carbocycles. The van der Waals surface area contributed by atoms with Crippen molar-refractivity contribution in [2.75, 3.05) is 13.1 Å². The number of benzene rings is 1. The number of rotatable bonds is 5. The lowest BCUT2D eigenvalue weighted by Crippen LogP contribution is -2.45. The highest BCUT2D eigenvalue weighted by atomic mass is 16.5. The van der Waals surface area contributed by atoms with E-state index < -0.39 is 0 Å². The molecular formula is C20H25N3O2. The van der Waals surface area contributed by atoms with Gasteiger partial charge in [0.2, 0.25) is 0 Å². The van der Waals surface area contributed by atoms with E-state index in [9.17, 15) is 4.79 Å². The first kappa shape index (κ1) is 16.3. The zero-order chi connectivity index (χ0) is 17.2. The van der Waals surface area contributed by atoms with E-state index >= 15 is 0 Å². The minimum absolute atomic E-state index is 0.106. The van der Waals surface area contributed by atoms with E-state index in [1.165, 1.54) is 5.56 Å². The zero-order valence-electron chi connectivity index (χ0n) is 14.6. The Bertz CT molecular complexity index is 716. The summed E-state index contributed by atoms with van der Waals surface area (Å²) in [5.74, 6) is 1.23. The highest BCUT2D eigenvalue weighted by Gasteiger charge is 2.30. The predicted molar refractivity (Wildman–Crippen MR) is 95.4 cm³/mol. The lowest BCUT2D eigenvalue weighted by Gasteiger charge is -2.36. The topological polar surface area (TPSA) is 58.4 Å². The summed E-state index contributed by atoms with van der Waals surface area (Å²) in [7, 11) is 0. The fraction of sp³-hybridized carbons (Fsp3) is 0.500. The van der Waals surface area contributed by atoms with E-state index in [2.05, 4.69) is 52.6 Å². The average Bonchev–Trinajstić information content (AvgIpc) is 3.39. The standard InChI is InChI=1S/C20H25N3O2/c1-14(15-5-3-2-4-6-15)23-11-9-17(10-12-23)21-20(24)18-13-19(25-22-18)16-7-8-16/h2-6,13-14,16-17H,7-12H2,1H3,(H,21,24)/t14-/m0/s1. The zero-order valence-corrected chi connectivity index (χ0v) is 14.6. The van der Waals surface area contributed by atoms with Gasteiger partial charge in [0.1, 0.15) is 5.76 Å². The number of carbonyl (C=O) groups excluding carboxylic acids is 1. The minimum atomic E-state index is -0.106. The first-order chi connectivity index (χ1) is 12.2. The highest BCUT2D eigenvalue weighted by Crippen LogP contribution is 2.40. The SMILES string of the molecule is C[C@@H](c1ccccc1)N1CCC(NC(=O)c2cc(C3CC3)on2)CC1. The van der Waals surface area contributed by atoms with Gasteiger partial charge in [-0.2, -0.15) is 0 Å². The van der Waals surface area contributed by atoms with E-state index in [1.54, 1.807) is 6.07 Å². The van der Waals surface area contributed by atoms with Crippen molar-refractivity contribution in [1.82, 2.24) is 15.4 Å². The van der Waals surface area contributed by atoms with Crippen LogP contribution < -0.4 is 5.32 Å². The number of piperidine rings is 1. The first-order valence-corrected chi connectivity index (χ1v) is 9.27. The molecule has 2 aromatic rings. The molecule has 0 spiro atoms. The molecule has 0 bridgehead atoms. The number of carbonyl (C=O) groups is 1. The lowest BCUT2D eigenvalue weighted by molar-refractivity contribution is 0.0887. The quantitative estimate of drug-likeness (QED) is 0.906. The fourth-order valence-electron chi connectivity index (χ4n) is 3.59. The molecule has 5 nitrogen and oxygen atoms in total. The minimum Gasteiger partial charge on any atom is -0.360 e. The molecule has 1 saturated carbocycles. The maximum Gasteiger partial charge on any atom is 0.273 e. The molecule has 2 fully saturated rings. The van der Waals surface area contributed by atoms with Crippen LogP contribution in [0.25, 0.3) is 0 Å². The molecule has 1 saturated heterocycles. The average molecular weight is 339 g/mol. The van der Waals surface area contributed by atoms with Crippen LogP contribution in [-0.4, -0.2) is 35.1 Å². The monoisotopic (exact) mass is 339 g/mol. The Morgan fingerprint density at radius 2 is 1.92 bits per heavy atom. The van der Waals surface area contributed by atoms with Gasteiger partial charge in [0.15, 0.2) is 5.69 Å². The number of hydrogen-bond acceptors (Lipinski definition) is 4. The van der Waals surface area contributed by atoms with Gasteiger partial charge in [0, 0.05) is 37.2 Å². The molecule has 2 heterocycles. The molecule has 1 aromatic heterocycles. The number of aromatic nitrogens is 1. The summed E-state index contributed by atoms with van der Waals surface area (Å²) >= 11 is 0. The number of likely N-dealkylation sites (tertiary alicyclic amines) is 1. The molecule has 25 heavy (non-hydrogen) atoms. The molecule has 1 aliphatic heterocycles. The third-order valence-corrected chi connectivity index (χ3v) is 5.44. The van der Waals surface area contributed by atoms with Crippen molar-refractivity contribution >= 4 is 5.91 Å². The van der Waals surface area contributed by atoms with Crippen molar-refractivity contribution in [1.29, 1.82) is 0 Å². The number of hydrogen-bond donors (Lipinski definition) is 1. The van der Waals surface area contributed by atoms with Crippen LogP contribution in [0.15, 0.2) is 40.9 Å². The Kier molecular flexibility index (Phi) is 4.57. The van der Waals surface area contributed by atoms with E-state index in [-0.39, 0.29) is 11.9 Å². The van der Waals surface area contributed by atoms with Crippen molar-refractivity contribution in [3.8, 4) is 0 Å². The van der Waals surface area contributed by atoms with Gasteiger partial charge in [-0.1, -0.05) is 35.5 Å². The lowest BCUT2D eigenvalue weighted by atomic mass is 10.00. The molecule has 132 valence electrons. The van der Waals surface area contributed by atoms with Crippen LogP contribution in [-0.2, 0) is 0 Å². The van der Waals surface area contributed by atoms with Crippen LogP contribution in [0.4, 0.5) is 0 Å². The molecular weight excluding hydrogens is 314 g/mol. The van der Waals surface area contributed by atoms with Gasteiger partial charge in [-0.3, -0.25) is 9.69 Å². The third-order valence-electron chi connectivity index (χ3n) is 5.44. The van der Waals surface area contributed by atoms with Gasteiger partial charge in [-0.25, -0.2) is 0 Å². The van der Waals surface area contributed by atoms with Gasteiger partial charge in [-0.15, -0.1) is 0 Å². The van der Waals surface area contributed by atoms with Crippen molar-refractivity contribution < 1.29 is 9.32 Å². The van der Waals surface area contributed by atoms with Crippen LogP contribution in [0.5, 0.6) is 0 Å². The highest BCUT2D eigenvalue weighted by molar-refractivity contribution is 5.92. The Morgan fingerprint density at radius 3 is 2.60 bits per heavy atom. The molecule has 0 unspecified atom stereocenters. The Labute approximate surface area is 148 Å². The second kappa shape index (κ2) is 7.00. The number of amides is 1. The van der Waals surface area contributed by atoms with Crippen LogP contribution in [0.3, 0.4) is 0 Å². The summed E-state index contributed by atoms with van der Waals surface area (Å²) in [6.45, 7) is 4.24. The molecule has 2 aliphatic rings. The Morgan fingerprint density at radius 1 is 1.20 bits per heavy atom. The molecule has 1 N–H and O–H groups in total. The second-order valence-electron chi connectivity index (χ2n) is 7.26. The first-order valence-electron chi connectivity index (χ1n) is 9.27. The summed E-state index contributed by atoms with van der Waals surface area (Å²) in [5.41, 5.74) is 1.77. The summed E-state index contributed by atoms with van der Waals surface area (Å²) in [5, 5.41) is 7.05. The summed E-state index contributed by atoms with van der Waals surface area (Å²) in [6, 6.07) is 13.0. The van der Waals surface area contributed by atoms with E-state index in [0.29, 0.717) is 17.7 Å². The van der Waals surface area contributed by atoms with Crippen LogP contribution >= 0.6 is 0 Å². The van der Waals surface area contributed by atoms with Crippen LogP contribution in [0, 0.1) is 0 Å². The van der Waals surface area contributed by atoms with Gasteiger partial charge in [-0.05, 0) is 38.2 Å². The molecule has 5 heteroatoms. The molecule has 1 atom stereocenters. The maximum absolute atomic E-state index is 12.4. The maximum atomic E-state index is 12.4. The smallest absolute Gasteiger partial charge is 0.273 e. The normalized spacial score (nSPS) is 20.4. The Hall–Kier alpha value is -2.14. The van der Waals surface area contributed by atoms with Crippen LogP contribution in [0.2, 0.25) is 0 Å². The summed E-state index contributed by atoms with van der Waals surface area (Å²) in [4.78, 5) is 14.8.